The molecule has 0 aliphatic rings. The van der Waals surface area contributed by atoms with E-state index >= 15 is 0 Å². The second-order valence-corrected chi connectivity index (χ2v) is 4.14. The molecule has 2 rings (SSSR count). The molecule has 0 atom stereocenters. The Morgan fingerprint density at radius 3 is 2.69 bits per heavy atom. The quantitative estimate of drug-likeness (QED) is 0.884. The summed E-state index contributed by atoms with van der Waals surface area (Å²) in [5.41, 5.74) is 1.06. The second kappa shape index (κ2) is 4.81. The Labute approximate surface area is 96.9 Å². The molecule has 0 bridgehead atoms. The van der Waals surface area contributed by atoms with Gasteiger partial charge in [0.05, 0.1) is 0 Å². The summed E-state index contributed by atoms with van der Waals surface area (Å²) in [6.07, 6.45) is 0. The fourth-order valence-electron chi connectivity index (χ4n) is 1.25. The summed E-state index contributed by atoms with van der Waals surface area (Å²) in [6, 6.07) is 11.3. The summed E-state index contributed by atoms with van der Waals surface area (Å²) in [5, 5.41) is 10.4. The van der Waals surface area contributed by atoms with Gasteiger partial charge in [-0.2, -0.15) is 0 Å². The van der Waals surface area contributed by atoms with Crippen LogP contribution >= 0.6 is 11.3 Å². The zero-order valence-electron chi connectivity index (χ0n) is 8.42. The smallest absolute Gasteiger partial charge is 0.346 e. The van der Waals surface area contributed by atoms with Gasteiger partial charge in [0.25, 0.3) is 0 Å². The molecule has 0 radical (unpaired) electrons. The molecular formula is C12H10O3S. The van der Waals surface area contributed by atoms with Crippen molar-refractivity contribution in [3.05, 3.63) is 52.2 Å². The number of ether oxygens (including phenoxy) is 1. The zero-order valence-corrected chi connectivity index (χ0v) is 9.24. The van der Waals surface area contributed by atoms with Crippen LogP contribution in [0.2, 0.25) is 0 Å². The zero-order chi connectivity index (χ0) is 11.4. The first kappa shape index (κ1) is 10.7. The van der Waals surface area contributed by atoms with Crippen LogP contribution in [0.25, 0.3) is 0 Å². The molecule has 0 aliphatic carbocycles. The van der Waals surface area contributed by atoms with Crippen LogP contribution in [0, 0.1) is 0 Å². The Balaban J connectivity index is 1.97. The van der Waals surface area contributed by atoms with Gasteiger partial charge in [-0.15, -0.1) is 11.3 Å². The van der Waals surface area contributed by atoms with Crippen LogP contribution in [-0.2, 0) is 6.61 Å². The van der Waals surface area contributed by atoms with Crippen molar-refractivity contribution < 1.29 is 14.6 Å². The largest absolute Gasteiger partial charge is 0.488 e. The van der Waals surface area contributed by atoms with Crippen LogP contribution in [0.15, 0.2) is 41.8 Å². The Bertz CT molecular complexity index is 476. The summed E-state index contributed by atoms with van der Waals surface area (Å²) in [7, 11) is 0. The molecule has 16 heavy (non-hydrogen) atoms. The van der Waals surface area contributed by atoms with Gasteiger partial charge < -0.3 is 9.84 Å². The molecule has 0 unspecified atom stereocenters. The van der Waals surface area contributed by atoms with Crippen LogP contribution in [0.3, 0.4) is 0 Å². The van der Waals surface area contributed by atoms with Gasteiger partial charge in [-0.25, -0.2) is 4.79 Å². The maximum atomic E-state index is 10.6. The fraction of sp³-hybridized carbons (Fsp3) is 0.0833. The molecule has 0 saturated carbocycles. The highest BCUT2D eigenvalue weighted by Crippen LogP contribution is 2.22. The molecule has 0 aliphatic heterocycles. The van der Waals surface area contributed by atoms with Gasteiger partial charge in [0.15, 0.2) is 0 Å². The van der Waals surface area contributed by atoms with Gasteiger partial charge in [-0.3, -0.25) is 0 Å². The van der Waals surface area contributed by atoms with Crippen molar-refractivity contribution in [3.63, 3.8) is 0 Å². The van der Waals surface area contributed by atoms with Crippen molar-refractivity contribution in [2.24, 2.45) is 0 Å². The highest BCUT2D eigenvalue weighted by atomic mass is 32.1. The monoisotopic (exact) mass is 234 g/mol. The molecule has 0 saturated heterocycles. The van der Waals surface area contributed by atoms with E-state index in [4.69, 9.17) is 9.84 Å². The SMILES string of the molecule is O=C(O)c1cc(OCc2ccccc2)cs1. The van der Waals surface area contributed by atoms with E-state index in [-0.39, 0.29) is 0 Å². The van der Waals surface area contributed by atoms with Crippen LogP contribution in [0.1, 0.15) is 15.2 Å². The van der Waals surface area contributed by atoms with E-state index in [9.17, 15) is 4.79 Å². The lowest BCUT2D eigenvalue weighted by molar-refractivity contribution is 0.0702. The molecule has 3 nitrogen and oxygen atoms in total. The van der Waals surface area contributed by atoms with Gasteiger partial charge in [0, 0.05) is 11.4 Å². The standard InChI is InChI=1S/C12H10O3S/c13-12(14)11-6-10(8-16-11)15-7-9-4-2-1-3-5-9/h1-6,8H,7H2,(H,13,14). The highest BCUT2D eigenvalue weighted by molar-refractivity contribution is 7.12. The third-order valence-electron chi connectivity index (χ3n) is 2.03. The summed E-state index contributed by atoms with van der Waals surface area (Å²) >= 11 is 1.17. The van der Waals surface area contributed by atoms with E-state index in [0.717, 1.165) is 5.56 Å². The molecule has 0 amide bonds. The second-order valence-electron chi connectivity index (χ2n) is 3.23. The number of rotatable bonds is 4. The first-order chi connectivity index (χ1) is 7.75. The van der Waals surface area contributed by atoms with E-state index in [0.29, 0.717) is 17.2 Å². The Morgan fingerprint density at radius 2 is 2.06 bits per heavy atom. The molecule has 2 aromatic rings. The number of benzene rings is 1. The molecule has 1 N–H and O–H groups in total. The maximum Gasteiger partial charge on any atom is 0.346 e. The maximum absolute atomic E-state index is 10.6. The van der Waals surface area contributed by atoms with Crippen molar-refractivity contribution in [1.82, 2.24) is 0 Å². The minimum atomic E-state index is -0.917. The first-order valence-corrected chi connectivity index (χ1v) is 5.62. The third kappa shape index (κ3) is 2.61. The number of thiophene rings is 1. The average molecular weight is 234 g/mol. The lowest BCUT2D eigenvalue weighted by Gasteiger charge is -2.02. The Morgan fingerprint density at radius 1 is 1.31 bits per heavy atom. The van der Waals surface area contributed by atoms with Gasteiger partial charge in [0.2, 0.25) is 0 Å². The average Bonchev–Trinajstić information content (AvgIpc) is 2.76. The summed E-state index contributed by atoms with van der Waals surface area (Å²) < 4.78 is 5.47. The topological polar surface area (TPSA) is 46.5 Å². The van der Waals surface area contributed by atoms with Crippen LogP contribution < -0.4 is 4.74 Å². The van der Waals surface area contributed by atoms with Crippen molar-refractivity contribution in [2.75, 3.05) is 0 Å². The predicted molar refractivity (Wildman–Crippen MR) is 62.1 cm³/mol. The molecule has 1 heterocycles. The predicted octanol–water partition coefficient (Wildman–Crippen LogP) is 3.03. The van der Waals surface area contributed by atoms with E-state index in [1.807, 2.05) is 30.3 Å². The van der Waals surface area contributed by atoms with Gasteiger partial charge in [0.1, 0.15) is 17.2 Å². The summed E-state index contributed by atoms with van der Waals surface area (Å²) in [5.74, 6) is -0.314. The molecular weight excluding hydrogens is 224 g/mol. The Kier molecular flexibility index (Phi) is 3.22. The van der Waals surface area contributed by atoms with Gasteiger partial charge in [-0.1, -0.05) is 30.3 Å². The molecule has 4 heteroatoms. The minimum Gasteiger partial charge on any atom is -0.488 e. The number of carboxylic acids is 1. The fourth-order valence-corrected chi connectivity index (χ4v) is 1.91. The molecule has 1 aromatic heterocycles. The first-order valence-electron chi connectivity index (χ1n) is 4.74. The van der Waals surface area contributed by atoms with E-state index < -0.39 is 5.97 Å². The van der Waals surface area contributed by atoms with Crippen molar-refractivity contribution in [3.8, 4) is 5.75 Å². The lowest BCUT2D eigenvalue weighted by atomic mass is 10.2. The highest BCUT2D eigenvalue weighted by Gasteiger charge is 2.07. The lowest BCUT2D eigenvalue weighted by Crippen LogP contribution is -1.94. The van der Waals surface area contributed by atoms with E-state index in [2.05, 4.69) is 0 Å². The summed E-state index contributed by atoms with van der Waals surface area (Å²) in [6.45, 7) is 0.455. The molecule has 0 spiro atoms. The van der Waals surface area contributed by atoms with Crippen molar-refractivity contribution in [2.45, 2.75) is 6.61 Å². The number of hydrogen-bond donors (Lipinski definition) is 1. The number of aromatic carboxylic acids is 1. The molecule has 82 valence electrons. The van der Waals surface area contributed by atoms with Crippen LogP contribution in [0.5, 0.6) is 5.75 Å². The van der Waals surface area contributed by atoms with Gasteiger partial charge in [-0.05, 0) is 5.56 Å². The molecule has 0 fully saturated rings. The Hall–Kier alpha value is -1.81. The number of carbonyl (C=O) groups is 1. The van der Waals surface area contributed by atoms with E-state index in [1.165, 1.54) is 17.4 Å². The number of carboxylic acid groups (broad SMARTS) is 1. The van der Waals surface area contributed by atoms with Gasteiger partial charge >= 0.3 is 5.97 Å². The third-order valence-corrected chi connectivity index (χ3v) is 2.93. The normalized spacial score (nSPS) is 10.0. The van der Waals surface area contributed by atoms with Crippen LogP contribution in [0.4, 0.5) is 0 Å². The van der Waals surface area contributed by atoms with Crippen molar-refractivity contribution >= 4 is 17.3 Å². The minimum absolute atomic E-state index is 0.295. The van der Waals surface area contributed by atoms with Crippen molar-refractivity contribution in [1.29, 1.82) is 0 Å². The number of hydrogen-bond acceptors (Lipinski definition) is 3. The molecule has 1 aromatic carbocycles. The van der Waals surface area contributed by atoms with Crippen LogP contribution in [-0.4, -0.2) is 11.1 Å². The summed E-state index contributed by atoms with van der Waals surface area (Å²) in [4.78, 5) is 10.9. The van der Waals surface area contributed by atoms with E-state index in [1.54, 1.807) is 5.38 Å².